The van der Waals surface area contributed by atoms with Gasteiger partial charge >= 0.3 is 0 Å². The van der Waals surface area contributed by atoms with Gasteiger partial charge in [0.2, 0.25) is 0 Å². The predicted molar refractivity (Wildman–Crippen MR) is 81.1 cm³/mol. The lowest BCUT2D eigenvalue weighted by Crippen LogP contribution is -2.39. The topological polar surface area (TPSA) is 38.0 Å². The van der Waals surface area contributed by atoms with Crippen molar-refractivity contribution in [3.8, 4) is 0 Å². The van der Waals surface area contributed by atoms with Crippen LogP contribution in [0.15, 0.2) is 22.7 Å². The Morgan fingerprint density at radius 2 is 2.22 bits per heavy atom. The minimum absolute atomic E-state index is 0.210. The Balaban J connectivity index is 2.54. The summed E-state index contributed by atoms with van der Waals surface area (Å²) in [5.74, 6) is 6.29. The fourth-order valence-electron chi connectivity index (χ4n) is 1.52. The van der Waals surface area contributed by atoms with Gasteiger partial charge < -0.3 is 0 Å². The van der Waals surface area contributed by atoms with E-state index in [4.69, 9.17) is 5.84 Å². The molecule has 2 nitrogen and oxygen atoms in total. The molecule has 0 radical (unpaired) electrons. The fraction of sp³-hybridized carbons (Fsp3) is 0.538. The summed E-state index contributed by atoms with van der Waals surface area (Å²) in [6.45, 7) is 4.40. The number of benzene rings is 1. The number of rotatable bonds is 7. The molecule has 0 bridgehead atoms. The van der Waals surface area contributed by atoms with E-state index in [-0.39, 0.29) is 11.9 Å². The van der Waals surface area contributed by atoms with Crippen LogP contribution in [0, 0.1) is 5.82 Å². The molecule has 2 unspecified atom stereocenters. The molecule has 0 spiro atoms. The van der Waals surface area contributed by atoms with Crippen LogP contribution in [0.4, 0.5) is 4.39 Å². The first-order valence-corrected chi connectivity index (χ1v) is 7.92. The summed E-state index contributed by atoms with van der Waals surface area (Å²) < 4.78 is 13.6. The van der Waals surface area contributed by atoms with Crippen LogP contribution in [0.25, 0.3) is 0 Å². The Kier molecular flexibility index (Phi) is 7.22. The summed E-state index contributed by atoms with van der Waals surface area (Å²) in [6, 6.07) is 5.31. The molecule has 0 aromatic heterocycles. The highest BCUT2D eigenvalue weighted by Gasteiger charge is 2.11. The molecule has 102 valence electrons. The van der Waals surface area contributed by atoms with Crippen LogP contribution in [0.3, 0.4) is 0 Å². The summed E-state index contributed by atoms with van der Waals surface area (Å²) >= 11 is 5.11. The predicted octanol–water partition coefficient (Wildman–Crippen LogP) is 3.49. The Morgan fingerprint density at radius 1 is 1.50 bits per heavy atom. The molecule has 0 heterocycles. The number of hydrogen-bond acceptors (Lipinski definition) is 3. The van der Waals surface area contributed by atoms with Crippen LogP contribution in [-0.2, 0) is 6.42 Å². The van der Waals surface area contributed by atoms with Crippen LogP contribution < -0.4 is 11.3 Å². The SMILES string of the molecule is CCC(C)SCC(Cc1ccc(F)c(Br)c1)NN. The second-order valence-corrected chi connectivity index (χ2v) is 6.69. The second-order valence-electron chi connectivity index (χ2n) is 4.37. The zero-order valence-corrected chi connectivity index (χ0v) is 13.2. The van der Waals surface area contributed by atoms with Crippen molar-refractivity contribution in [1.29, 1.82) is 0 Å². The van der Waals surface area contributed by atoms with Gasteiger partial charge in [-0.15, -0.1) is 0 Å². The molecular formula is C13H20BrFN2S. The van der Waals surface area contributed by atoms with Crippen molar-refractivity contribution in [2.75, 3.05) is 5.75 Å². The van der Waals surface area contributed by atoms with Crippen LogP contribution in [-0.4, -0.2) is 17.0 Å². The van der Waals surface area contributed by atoms with Crippen LogP contribution in [0.5, 0.6) is 0 Å². The van der Waals surface area contributed by atoms with Gasteiger partial charge in [-0.2, -0.15) is 11.8 Å². The molecule has 2 atom stereocenters. The molecule has 0 saturated heterocycles. The largest absolute Gasteiger partial charge is 0.271 e. The first-order chi connectivity index (χ1) is 8.56. The minimum atomic E-state index is -0.231. The van der Waals surface area contributed by atoms with E-state index in [0.717, 1.165) is 24.2 Å². The highest BCUT2D eigenvalue weighted by molar-refractivity contribution is 9.10. The number of nitrogens with two attached hydrogens (primary N) is 1. The fourth-order valence-corrected chi connectivity index (χ4v) is 2.95. The zero-order valence-electron chi connectivity index (χ0n) is 10.7. The molecule has 0 fully saturated rings. The molecule has 5 heteroatoms. The Labute approximate surface area is 121 Å². The highest BCUT2D eigenvalue weighted by Crippen LogP contribution is 2.20. The molecule has 0 aliphatic heterocycles. The Bertz CT molecular complexity index is 376. The molecule has 3 N–H and O–H groups in total. The third kappa shape index (κ3) is 5.26. The van der Waals surface area contributed by atoms with Crippen molar-refractivity contribution in [2.24, 2.45) is 5.84 Å². The standard InChI is InChI=1S/C13H20BrFN2S/c1-3-9(2)18-8-11(17-16)6-10-4-5-13(15)12(14)7-10/h4-5,7,9,11,17H,3,6,8,16H2,1-2H3. The van der Waals surface area contributed by atoms with E-state index in [1.165, 1.54) is 6.07 Å². The minimum Gasteiger partial charge on any atom is -0.271 e. The third-order valence-electron chi connectivity index (χ3n) is 2.86. The van der Waals surface area contributed by atoms with E-state index in [2.05, 4.69) is 35.2 Å². The lowest BCUT2D eigenvalue weighted by Gasteiger charge is -2.18. The zero-order chi connectivity index (χ0) is 13.5. The molecule has 0 amide bonds. The maximum absolute atomic E-state index is 13.1. The van der Waals surface area contributed by atoms with E-state index < -0.39 is 0 Å². The third-order valence-corrected chi connectivity index (χ3v) is 4.96. The van der Waals surface area contributed by atoms with Gasteiger partial charge in [0.1, 0.15) is 5.82 Å². The van der Waals surface area contributed by atoms with Gasteiger partial charge in [0.15, 0.2) is 0 Å². The summed E-state index contributed by atoms with van der Waals surface area (Å²) in [5.41, 5.74) is 3.91. The normalized spacial score (nSPS) is 14.5. The van der Waals surface area contributed by atoms with Gasteiger partial charge in [-0.25, -0.2) is 4.39 Å². The summed E-state index contributed by atoms with van der Waals surface area (Å²) in [5, 5.41) is 0.640. The second kappa shape index (κ2) is 8.15. The first kappa shape index (κ1) is 16.0. The first-order valence-electron chi connectivity index (χ1n) is 6.08. The lowest BCUT2D eigenvalue weighted by molar-refractivity contribution is 0.572. The van der Waals surface area contributed by atoms with Crippen LogP contribution in [0.2, 0.25) is 0 Å². The van der Waals surface area contributed by atoms with E-state index in [9.17, 15) is 4.39 Å². The average Bonchev–Trinajstić information content (AvgIpc) is 2.38. The lowest BCUT2D eigenvalue weighted by atomic mass is 10.1. The van der Waals surface area contributed by atoms with Gasteiger partial charge in [-0.1, -0.05) is 19.9 Å². The number of hydrazine groups is 1. The molecule has 0 saturated carbocycles. The van der Waals surface area contributed by atoms with Crippen molar-refractivity contribution in [3.05, 3.63) is 34.1 Å². The van der Waals surface area contributed by atoms with E-state index in [1.54, 1.807) is 6.07 Å². The smallest absolute Gasteiger partial charge is 0.137 e. The van der Waals surface area contributed by atoms with Gasteiger partial charge in [-0.05, 0) is 46.5 Å². The van der Waals surface area contributed by atoms with Crippen molar-refractivity contribution in [2.45, 2.75) is 38.0 Å². The summed E-state index contributed by atoms with van der Waals surface area (Å²) in [6.07, 6.45) is 1.96. The quantitative estimate of drug-likeness (QED) is 0.592. The van der Waals surface area contributed by atoms with Crippen molar-refractivity contribution in [3.63, 3.8) is 0 Å². The van der Waals surface area contributed by atoms with Crippen LogP contribution >= 0.6 is 27.7 Å². The molecular weight excluding hydrogens is 315 g/mol. The monoisotopic (exact) mass is 334 g/mol. The van der Waals surface area contributed by atoms with E-state index >= 15 is 0 Å². The maximum Gasteiger partial charge on any atom is 0.137 e. The van der Waals surface area contributed by atoms with Crippen LogP contribution in [0.1, 0.15) is 25.8 Å². The van der Waals surface area contributed by atoms with E-state index in [1.807, 2.05) is 17.8 Å². The molecule has 1 aromatic carbocycles. The number of hydrogen-bond donors (Lipinski definition) is 2. The van der Waals surface area contributed by atoms with Gasteiger partial charge in [0, 0.05) is 17.0 Å². The Hall–Kier alpha value is -0.100. The molecule has 1 aromatic rings. The summed E-state index contributed by atoms with van der Waals surface area (Å²) in [4.78, 5) is 0. The van der Waals surface area contributed by atoms with Gasteiger partial charge in [0.25, 0.3) is 0 Å². The van der Waals surface area contributed by atoms with Crippen molar-refractivity contribution in [1.82, 2.24) is 5.43 Å². The molecule has 0 aliphatic carbocycles. The molecule has 18 heavy (non-hydrogen) atoms. The number of halogens is 2. The average molecular weight is 335 g/mol. The van der Waals surface area contributed by atoms with E-state index in [0.29, 0.717) is 9.72 Å². The summed E-state index contributed by atoms with van der Waals surface area (Å²) in [7, 11) is 0. The molecule has 0 aliphatic rings. The van der Waals surface area contributed by atoms with Crippen molar-refractivity contribution < 1.29 is 4.39 Å². The maximum atomic E-state index is 13.1. The van der Waals surface area contributed by atoms with Gasteiger partial charge in [0.05, 0.1) is 4.47 Å². The molecule has 1 rings (SSSR count). The number of thioether (sulfide) groups is 1. The number of nitrogens with one attached hydrogen (secondary N) is 1. The Morgan fingerprint density at radius 3 is 2.78 bits per heavy atom. The highest BCUT2D eigenvalue weighted by atomic mass is 79.9. The van der Waals surface area contributed by atoms with Crippen molar-refractivity contribution >= 4 is 27.7 Å². The van der Waals surface area contributed by atoms with Gasteiger partial charge in [-0.3, -0.25) is 11.3 Å².